The van der Waals surface area contributed by atoms with Crippen molar-refractivity contribution < 1.29 is 9.59 Å². The molecule has 1 aromatic rings. The van der Waals surface area contributed by atoms with E-state index < -0.39 is 0 Å². The minimum Gasteiger partial charge on any atom is -0.342 e. The van der Waals surface area contributed by atoms with Gasteiger partial charge in [0.2, 0.25) is 11.8 Å². The zero-order valence-corrected chi connectivity index (χ0v) is 12.8. The third-order valence-electron chi connectivity index (χ3n) is 4.18. The lowest BCUT2D eigenvalue weighted by Gasteiger charge is -2.33. The molecule has 1 N–H and O–H groups in total. The number of anilines is 1. The van der Waals surface area contributed by atoms with Crippen LogP contribution in [-0.2, 0) is 9.59 Å². The van der Waals surface area contributed by atoms with Gasteiger partial charge in [-0.2, -0.15) is 0 Å². The molecule has 2 atom stereocenters. The van der Waals surface area contributed by atoms with Crippen LogP contribution in [0.15, 0.2) is 30.3 Å². The maximum atomic E-state index is 12.3. The molecule has 1 aliphatic heterocycles. The Morgan fingerprint density at radius 1 is 1.33 bits per heavy atom. The molecule has 21 heavy (non-hydrogen) atoms. The van der Waals surface area contributed by atoms with Crippen LogP contribution in [-0.4, -0.2) is 29.8 Å². The van der Waals surface area contributed by atoms with Crippen LogP contribution in [0.1, 0.15) is 33.1 Å². The number of likely N-dealkylation sites (tertiary alicyclic amines) is 1. The molecule has 1 aromatic carbocycles. The highest BCUT2D eigenvalue weighted by Gasteiger charge is 2.29. The fraction of sp³-hybridized carbons (Fsp3) is 0.529. The van der Waals surface area contributed by atoms with Crippen LogP contribution in [0.5, 0.6) is 0 Å². The monoisotopic (exact) mass is 288 g/mol. The Hall–Kier alpha value is -1.84. The maximum Gasteiger partial charge on any atom is 0.229 e. The number of carbonyl (C=O) groups excluding carboxylic acids is 2. The van der Waals surface area contributed by atoms with Crippen molar-refractivity contribution in [3.05, 3.63) is 30.3 Å². The summed E-state index contributed by atoms with van der Waals surface area (Å²) in [5.74, 6) is 0.130. The average molecular weight is 288 g/mol. The van der Waals surface area contributed by atoms with Crippen molar-refractivity contribution in [2.75, 3.05) is 18.4 Å². The van der Waals surface area contributed by atoms with Gasteiger partial charge in [-0.05, 0) is 31.4 Å². The first-order chi connectivity index (χ1) is 10.1. The molecule has 0 radical (unpaired) electrons. The van der Waals surface area contributed by atoms with E-state index in [0.29, 0.717) is 6.54 Å². The standard InChI is InChI=1S/C17H24N2O2/c1-3-13(2)17(21)19-11-7-8-14(12-19)16(20)18-15-9-5-4-6-10-15/h4-6,9-10,13-14H,3,7-8,11-12H2,1-2H3,(H,18,20)/t13-,14+/m0/s1. The van der Waals surface area contributed by atoms with Crippen LogP contribution in [0.3, 0.4) is 0 Å². The number of rotatable bonds is 4. The van der Waals surface area contributed by atoms with Gasteiger partial charge in [0.25, 0.3) is 0 Å². The van der Waals surface area contributed by atoms with Crippen molar-refractivity contribution in [3.8, 4) is 0 Å². The molecule has 0 saturated carbocycles. The molecule has 1 saturated heterocycles. The van der Waals surface area contributed by atoms with Crippen LogP contribution < -0.4 is 5.32 Å². The van der Waals surface area contributed by atoms with E-state index in [1.165, 1.54) is 0 Å². The molecule has 4 nitrogen and oxygen atoms in total. The highest BCUT2D eigenvalue weighted by molar-refractivity contribution is 5.93. The zero-order valence-electron chi connectivity index (χ0n) is 12.8. The number of para-hydroxylation sites is 1. The third-order valence-corrected chi connectivity index (χ3v) is 4.18. The summed E-state index contributed by atoms with van der Waals surface area (Å²) < 4.78 is 0. The first-order valence-corrected chi connectivity index (χ1v) is 7.76. The van der Waals surface area contributed by atoms with E-state index in [-0.39, 0.29) is 23.7 Å². The SMILES string of the molecule is CC[C@H](C)C(=O)N1CCC[C@@H](C(=O)Nc2ccccc2)C1. The Bertz CT molecular complexity index is 487. The molecule has 1 heterocycles. The summed E-state index contributed by atoms with van der Waals surface area (Å²) in [5.41, 5.74) is 0.813. The normalized spacial score (nSPS) is 19.9. The van der Waals surface area contributed by atoms with Gasteiger partial charge >= 0.3 is 0 Å². The largest absolute Gasteiger partial charge is 0.342 e. The first-order valence-electron chi connectivity index (χ1n) is 7.76. The van der Waals surface area contributed by atoms with Gasteiger partial charge in [-0.1, -0.05) is 32.0 Å². The Balaban J connectivity index is 1.94. The van der Waals surface area contributed by atoms with Crippen molar-refractivity contribution in [3.63, 3.8) is 0 Å². The zero-order chi connectivity index (χ0) is 15.2. The smallest absolute Gasteiger partial charge is 0.229 e. The average Bonchev–Trinajstić information content (AvgIpc) is 2.54. The maximum absolute atomic E-state index is 12.3. The summed E-state index contributed by atoms with van der Waals surface area (Å²) in [6.45, 7) is 5.29. The van der Waals surface area contributed by atoms with Gasteiger partial charge in [0.05, 0.1) is 5.92 Å². The molecule has 1 aliphatic rings. The van der Waals surface area contributed by atoms with Crippen LogP contribution in [0, 0.1) is 11.8 Å². The van der Waals surface area contributed by atoms with Crippen molar-refractivity contribution in [1.82, 2.24) is 4.90 Å². The number of amides is 2. The van der Waals surface area contributed by atoms with E-state index in [1.54, 1.807) is 0 Å². The summed E-state index contributed by atoms with van der Waals surface area (Å²) in [6, 6.07) is 9.47. The van der Waals surface area contributed by atoms with Crippen molar-refractivity contribution in [1.29, 1.82) is 0 Å². The second-order valence-corrected chi connectivity index (χ2v) is 5.79. The number of benzene rings is 1. The number of hydrogen-bond donors (Lipinski definition) is 1. The van der Waals surface area contributed by atoms with Gasteiger partial charge in [-0.3, -0.25) is 9.59 Å². The Morgan fingerprint density at radius 2 is 2.05 bits per heavy atom. The second-order valence-electron chi connectivity index (χ2n) is 5.79. The number of nitrogens with one attached hydrogen (secondary N) is 1. The molecule has 0 aliphatic carbocycles. The molecular formula is C17H24N2O2. The molecule has 2 amide bonds. The summed E-state index contributed by atoms with van der Waals surface area (Å²) in [4.78, 5) is 26.4. The molecule has 1 fully saturated rings. The number of carbonyl (C=O) groups is 2. The fourth-order valence-corrected chi connectivity index (χ4v) is 2.64. The van der Waals surface area contributed by atoms with Gasteiger partial charge < -0.3 is 10.2 Å². The highest BCUT2D eigenvalue weighted by atomic mass is 16.2. The van der Waals surface area contributed by atoms with Crippen LogP contribution in [0.25, 0.3) is 0 Å². The summed E-state index contributed by atoms with van der Waals surface area (Å²) in [7, 11) is 0. The van der Waals surface area contributed by atoms with Crippen molar-refractivity contribution >= 4 is 17.5 Å². The molecule has 0 unspecified atom stereocenters. The molecule has 2 rings (SSSR count). The van der Waals surface area contributed by atoms with Crippen LogP contribution >= 0.6 is 0 Å². The summed E-state index contributed by atoms with van der Waals surface area (Å²) >= 11 is 0. The quantitative estimate of drug-likeness (QED) is 0.926. The first kappa shape index (κ1) is 15.5. The van der Waals surface area contributed by atoms with E-state index in [9.17, 15) is 9.59 Å². The highest BCUT2D eigenvalue weighted by Crippen LogP contribution is 2.21. The fourth-order valence-electron chi connectivity index (χ4n) is 2.64. The number of nitrogens with zero attached hydrogens (tertiary/aromatic N) is 1. The molecule has 0 aromatic heterocycles. The van der Waals surface area contributed by atoms with Crippen molar-refractivity contribution in [2.45, 2.75) is 33.1 Å². The van der Waals surface area contributed by atoms with E-state index in [1.807, 2.05) is 49.1 Å². The van der Waals surface area contributed by atoms with Gasteiger partial charge in [-0.15, -0.1) is 0 Å². The van der Waals surface area contributed by atoms with Crippen molar-refractivity contribution in [2.24, 2.45) is 11.8 Å². The number of piperidine rings is 1. The molecule has 0 spiro atoms. The van der Waals surface area contributed by atoms with Gasteiger partial charge in [0.1, 0.15) is 0 Å². The van der Waals surface area contributed by atoms with E-state index in [4.69, 9.17) is 0 Å². The van der Waals surface area contributed by atoms with Gasteiger partial charge in [-0.25, -0.2) is 0 Å². The van der Waals surface area contributed by atoms with E-state index in [0.717, 1.165) is 31.5 Å². The van der Waals surface area contributed by atoms with Crippen LogP contribution in [0.2, 0.25) is 0 Å². The summed E-state index contributed by atoms with van der Waals surface area (Å²) in [6.07, 6.45) is 2.59. The lowest BCUT2D eigenvalue weighted by atomic mass is 9.95. The third kappa shape index (κ3) is 4.06. The van der Waals surface area contributed by atoms with Gasteiger partial charge in [0, 0.05) is 24.7 Å². The van der Waals surface area contributed by atoms with Crippen LogP contribution in [0.4, 0.5) is 5.69 Å². The Labute approximate surface area is 126 Å². The summed E-state index contributed by atoms with van der Waals surface area (Å²) in [5, 5.41) is 2.94. The lowest BCUT2D eigenvalue weighted by Crippen LogP contribution is -2.45. The van der Waals surface area contributed by atoms with E-state index in [2.05, 4.69) is 5.32 Å². The minimum atomic E-state index is -0.105. The molecular weight excluding hydrogens is 264 g/mol. The lowest BCUT2D eigenvalue weighted by molar-refractivity contribution is -0.138. The molecule has 114 valence electrons. The Morgan fingerprint density at radius 3 is 2.71 bits per heavy atom. The molecule has 4 heteroatoms. The second kappa shape index (κ2) is 7.25. The minimum absolute atomic E-state index is 0.0165. The van der Waals surface area contributed by atoms with Gasteiger partial charge in [0.15, 0.2) is 0 Å². The predicted molar refractivity (Wildman–Crippen MR) is 83.8 cm³/mol. The predicted octanol–water partition coefficient (Wildman–Crippen LogP) is 2.91. The van der Waals surface area contributed by atoms with E-state index >= 15 is 0 Å². The number of hydrogen-bond acceptors (Lipinski definition) is 2. The topological polar surface area (TPSA) is 49.4 Å². The molecule has 0 bridgehead atoms. The Kier molecular flexibility index (Phi) is 5.37.